The van der Waals surface area contributed by atoms with Crippen LogP contribution in [0.15, 0.2) is 35.5 Å². The molecule has 0 saturated carbocycles. The molecule has 0 amide bonds. The first-order valence-corrected chi connectivity index (χ1v) is 5.99. The smallest absolute Gasteiger partial charge is 0.0322 e. The van der Waals surface area contributed by atoms with Crippen LogP contribution in [0.1, 0.15) is 53.9 Å². The van der Waals surface area contributed by atoms with Crippen molar-refractivity contribution in [1.29, 1.82) is 0 Å². The summed E-state index contributed by atoms with van der Waals surface area (Å²) in [6.45, 7) is 10.9. The second-order valence-electron chi connectivity index (χ2n) is 4.63. The lowest BCUT2D eigenvalue weighted by atomic mass is 10.0. The molecule has 0 heteroatoms. The zero-order valence-electron chi connectivity index (χ0n) is 11.0. The first kappa shape index (κ1) is 14.2. The maximum atomic E-state index is 2.33. The van der Waals surface area contributed by atoms with Crippen molar-refractivity contribution >= 4 is 0 Å². The fourth-order valence-corrected chi connectivity index (χ4v) is 1.36. The van der Waals surface area contributed by atoms with Gasteiger partial charge in [0, 0.05) is 0 Å². The summed E-state index contributed by atoms with van der Waals surface area (Å²) in [5.74, 6) is 0.793. The van der Waals surface area contributed by atoms with Crippen molar-refractivity contribution in [2.75, 3.05) is 0 Å². The normalized spacial score (nSPS) is 14.3. The van der Waals surface area contributed by atoms with Gasteiger partial charge in [-0.15, -0.1) is 0 Å². The highest BCUT2D eigenvalue weighted by atomic mass is 14.0. The van der Waals surface area contributed by atoms with Crippen molar-refractivity contribution in [3.63, 3.8) is 0 Å². The number of allylic oxidation sites excluding steroid dienone is 6. The Morgan fingerprint density at radius 1 is 1.20 bits per heavy atom. The monoisotopic (exact) mass is 206 g/mol. The predicted molar refractivity (Wildman–Crippen MR) is 71.0 cm³/mol. The van der Waals surface area contributed by atoms with E-state index in [-0.39, 0.29) is 0 Å². The van der Waals surface area contributed by atoms with E-state index in [4.69, 9.17) is 0 Å². The molecule has 0 fully saturated rings. The molecule has 0 aliphatic rings. The highest BCUT2D eigenvalue weighted by Gasteiger charge is 1.97. The summed E-state index contributed by atoms with van der Waals surface area (Å²) < 4.78 is 0. The molecule has 0 saturated heterocycles. The molecule has 0 radical (unpaired) electrons. The van der Waals surface area contributed by atoms with E-state index in [9.17, 15) is 0 Å². The van der Waals surface area contributed by atoms with Crippen LogP contribution in [0, 0.1) is 5.92 Å². The second-order valence-corrected chi connectivity index (χ2v) is 4.63. The van der Waals surface area contributed by atoms with Gasteiger partial charge < -0.3 is 0 Å². The lowest BCUT2D eigenvalue weighted by molar-refractivity contribution is 0.545. The van der Waals surface area contributed by atoms with Gasteiger partial charge in [0.15, 0.2) is 0 Å². The van der Waals surface area contributed by atoms with Crippen LogP contribution in [-0.4, -0.2) is 0 Å². The van der Waals surface area contributed by atoms with Crippen molar-refractivity contribution < 1.29 is 0 Å². The topological polar surface area (TPSA) is 0 Å². The van der Waals surface area contributed by atoms with E-state index >= 15 is 0 Å². The Hall–Kier alpha value is -0.780. The lowest BCUT2D eigenvalue weighted by Gasteiger charge is -2.06. The third-order valence-corrected chi connectivity index (χ3v) is 2.59. The predicted octanol–water partition coefficient (Wildman–Crippen LogP) is 5.28. The Labute approximate surface area is 95.8 Å². The van der Waals surface area contributed by atoms with E-state index < -0.39 is 0 Å². The lowest BCUT2D eigenvalue weighted by Crippen LogP contribution is -1.91. The minimum absolute atomic E-state index is 0.793. The van der Waals surface area contributed by atoms with Gasteiger partial charge in [0.05, 0.1) is 0 Å². The molecule has 86 valence electrons. The fraction of sp³-hybridized carbons (Fsp3) is 0.600. The molecule has 0 heterocycles. The molecular formula is C15H26. The maximum absolute atomic E-state index is 2.33. The molecule has 0 aromatic rings. The van der Waals surface area contributed by atoms with Gasteiger partial charge >= 0.3 is 0 Å². The van der Waals surface area contributed by atoms with Crippen LogP contribution >= 0.6 is 0 Å². The molecule has 0 aromatic carbocycles. The van der Waals surface area contributed by atoms with Crippen molar-refractivity contribution in [1.82, 2.24) is 0 Å². The first-order valence-electron chi connectivity index (χ1n) is 5.99. The zero-order valence-corrected chi connectivity index (χ0v) is 11.0. The van der Waals surface area contributed by atoms with Crippen molar-refractivity contribution in [2.24, 2.45) is 5.92 Å². The molecular weight excluding hydrogens is 180 g/mol. The Morgan fingerprint density at radius 2 is 1.87 bits per heavy atom. The van der Waals surface area contributed by atoms with E-state index in [2.05, 4.69) is 58.9 Å². The summed E-state index contributed by atoms with van der Waals surface area (Å²) in [5, 5.41) is 0. The van der Waals surface area contributed by atoms with Gasteiger partial charge in [0.2, 0.25) is 0 Å². The SMILES string of the molecule is C/C=C(C)\C=C\CC(C)CCC=C(C)C. The number of hydrogen-bond acceptors (Lipinski definition) is 0. The van der Waals surface area contributed by atoms with Crippen LogP contribution in [0.2, 0.25) is 0 Å². The fourth-order valence-electron chi connectivity index (χ4n) is 1.36. The number of hydrogen-bond donors (Lipinski definition) is 0. The Kier molecular flexibility index (Phi) is 8.08. The molecule has 0 aliphatic heterocycles. The van der Waals surface area contributed by atoms with E-state index in [1.54, 1.807) is 0 Å². The van der Waals surface area contributed by atoms with Crippen molar-refractivity contribution in [2.45, 2.75) is 53.9 Å². The summed E-state index contributed by atoms with van der Waals surface area (Å²) in [4.78, 5) is 0. The van der Waals surface area contributed by atoms with E-state index in [0.717, 1.165) is 5.92 Å². The summed E-state index contributed by atoms with van der Waals surface area (Å²) >= 11 is 0. The van der Waals surface area contributed by atoms with Gasteiger partial charge in [-0.2, -0.15) is 0 Å². The largest absolute Gasteiger partial charge is 0.0859 e. The third kappa shape index (κ3) is 9.52. The maximum Gasteiger partial charge on any atom is -0.0322 e. The molecule has 0 aromatic heterocycles. The molecule has 0 N–H and O–H groups in total. The minimum atomic E-state index is 0.793. The van der Waals surface area contributed by atoms with Gasteiger partial charge in [-0.3, -0.25) is 0 Å². The molecule has 0 bridgehead atoms. The van der Waals surface area contributed by atoms with Crippen LogP contribution < -0.4 is 0 Å². The summed E-state index contributed by atoms with van der Waals surface area (Å²) in [6.07, 6.45) is 12.7. The van der Waals surface area contributed by atoms with Gasteiger partial charge in [-0.1, -0.05) is 42.4 Å². The zero-order chi connectivity index (χ0) is 11.7. The van der Waals surface area contributed by atoms with E-state index in [1.165, 1.54) is 30.4 Å². The average Bonchev–Trinajstić information content (AvgIpc) is 2.17. The quantitative estimate of drug-likeness (QED) is 0.409. The van der Waals surface area contributed by atoms with Gasteiger partial charge in [-0.25, -0.2) is 0 Å². The standard InChI is InChI=1S/C15H26/c1-6-14(4)10-8-12-15(5)11-7-9-13(2)3/h6,8-10,15H,7,11-12H2,1-5H3/b10-8+,14-6-. The Morgan fingerprint density at radius 3 is 2.40 bits per heavy atom. The van der Waals surface area contributed by atoms with Crippen LogP contribution in [-0.2, 0) is 0 Å². The molecule has 15 heavy (non-hydrogen) atoms. The summed E-state index contributed by atoms with van der Waals surface area (Å²) in [6, 6.07) is 0. The average molecular weight is 206 g/mol. The van der Waals surface area contributed by atoms with Crippen LogP contribution in [0.5, 0.6) is 0 Å². The molecule has 0 spiro atoms. The van der Waals surface area contributed by atoms with E-state index in [1.807, 2.05) is 0 Å². The Bertz CT molecular complexity index is 237. The van der Waals surface area contributed by atoms with Gasteiger partial charge in [-0.05, 0) is 52.9 Å². The Balaban J connectivity index is 3.71. The summed E-state index contributed by atoms with van der Waals surface area (Å²) in [5.41, 5.74) is 2.79. The number of rotatable bonds is 6. The van der Waals surface area contributed by atoms with Gasteiger partial charge in [0.1, 0.15) is 0 Å². The minimum Gasteiger partial charge on any atom is -0.0859 e. The first-order chi connectivity index (χ1) is 7.06. The van der Waals surface area contributed by atoms with Crippen molar-refractivity contribution in [3.05, 3.63) is 35.5 Å². The summed E-state index contributed by atoms with van der Waals surface area (Å²) in [7, 11) is 0. The molecule has 0 nitrogen and oxygen atoms in total. The molecule has 0 rings (SSSR count). The highest BCUT2D eigenvalue weighted by Crippen LogP contribution is 2.12. The van der Waals surface area contributed by atoms with Crippen LogP contribution in [0.4, 0.5) is 0 Å². The molecule has 1 unspecified atom stereocenters. The molecule has 1 atom stereocenters. The molecule has 0 aliphatic carbocycles. The third-order valence-electron chi connectivity index (χ3n) is 2.59. The van der Waals surface area contributed by atoms with Crippen molar-refractivity contribution in [3.8, 4) is 0 Å². The second kappa shape index (κ2) is 8.52. The van der Waals surface area contributed by atoms with E-state index in [0.29, 0.717) is 0 Å². The van der Waals surface area contributed by atoms with Crippen LogP contribution in [0.3, 0.4) is 0 Å². The van der Waals surface area contributed by atoms with Crippen LogP contribution in [0.25, 0.3) is 0 Å². The van der Waals surface area contributed by atoms with Gasteiger partial charge in [0.25, 0.3) is 0 Å². The highest BCUT2D eigenvalue weighted by molar-refractivity contribution is 5.14.